The van der Waals surface area contributed by atoms with Crippen LogP contribution < -0.4 is 0 Å². The van der Waals surface area contributed by atoms with Crippen molar-refractivity contribution in [2.75, 3.05) is 14.2 Å². The van der Waals surface area contributed by atoms with Gasteiger partial charge in [-0.1, -0.05) is 268 Å². The molecule has 6 saturated carbocycles. The largest absolute Gasteiger partial charge is 0.481 e. The van der Waals surface area contributed by atoms with Crippen LogP contribution in [0.4, 0.5) is 0 Å². The lowest BCUT2D eigenvalue weighted by atomic mass is 9.38. The number of hydrogen-bond donors (Lipinski definition) is 1. The Morgan fingerprint density at radius 3 is 0.895 bits per heavy atom. The summed E-state index contributed by atoms with van der Waals surface area (Å²) in [5, 5.41) is 16.9. The predicted molar refractivity (Wildman–Crippen MR) is 386 cm³/mol. The molecule has 0 heterocycles. The third-order valence-electron chi connectivity index (χ3n) is 26.9. The summed E-state index contributed by atoms with van der Waals surface area (Å²) in [6.45, 7) is 3.16. The van der Waals surface area contributed by atoms with Crippen LogP contribution in [0.2, 0.25) is 0 Å². The van der Waals surface area contributed by atoms with Gasteiger partial charge in [-0.3, -0.25) is 9.59 Å². The van der Waals surface area contributed by atoms with Crippen molar-refractivity contribution < 1.29 is 29.0 Å². The summed E-state index contributed by atoms with van der Waals surface area (Å²) < 4.78 is 9.72. The van der Waals surface area contributed by atoms with Crippen LogP contribution in [0.15, 0.2) is 158 Å². The van der Waals surface area contributed by atoms with E-state index in [4.69, 9.17) is 4.74 Å². The zero-order valence-electron chi connectivity index (χ0n) is 57.4. The van der Waals surface area contributed by atoms with Crippen LogP contribution in [0.5, 0.6) is 0 Å². The maximum absolute atomic E-state index is 13.6. The fraction of sp³-hybridized carbons (Fsp3) is 0.517. The van der Waals surface area contributed by atoms with Crippen LogP contribution in [0.3, 0.4) is 0 Å². The van der Waals surface area contributed by atoms with Crippen LogP contribution in [0.1, 0.15) is 273 Å². The minimum Gasteiger partial charge on any atom is -0.481 e. The summed E-state index contributed by atoms with van der Waals surface area (Å²) in [4.78, 5) is 36.5. The van der Waals surface area contributed by atoms with E-state index in [1.54, 1.807) is 39.8 Å². The molecule has 0 aromatic heterocycles. The topological polar surface area (TPSA) is 89.9 Å². The second-order valence-corrected chi connectivity index (χ2v) is 30.9. The lowest BCUT2D eigenvalue weighted by Crippen LogP contribution is -2.62. The molecule has 6 fully saturated rings. The molecule has 0 amide bonds. The summed E-state index contributed by atoms with van der Waals surface area (Å²) in [6, 6.07) is 55.3. The van der Waals surface area contributed by atoms with E-state index in [2.05, 4.69) is 157 Å². The number of esters is 2. The molecular weight excluding hydrogens is 1160 g/mol. The number of carbonyl (C=O) groups excluding carboxylic acids is 2. The number of ether oxygens (including phenoxy) is 2. The van der Waals surface area contributed by atoms with Crippen molar-refractivity contribution in [3.8, 4) is 0 Å². The van der Waals surface area contributed by atoms with Crippen LogP contribution in [-0.2, 0) is 45.5 Å². The first-order chi connectivity index (χ1) is 46.7. The highest BCUT2D eigenvalue weighted by atomic mass is 16.5. The highest BCUT2D eigenvalue weighted by Crippen LogP contribution is 2.71. The fourth-order valence-corrected chi connectivity index (χ4v) is 23.3. The predicted octanol–water partition coefficient (Wildman–Crippen LogP) is 22.2. The van der Waals surface area contributed by atoms with Crippen LogP contribution in [0.25, 0.3) is 21.5 Å². The van der Waals surface area contributed by atoms with Gasteiger partial charge in [0.05, 0.1) is 26.1 Å². The van der Waals surface area contributed by atoms with E-state index in [0.717, 1.165) is 43.6 Å². The Kier molecular flexibility index (Phi) is 19.5. The van der Waals surface area contributed by atoms with E-state index >= 15 is 0 Å². The number of fused-ring (bicyclic) bond motifs is 4. The Hall–Kier alpha value is -6.79. The van der Waals surface area contributed by atoms with Gasteiger partial charge in [0.2, 0.25) is 0 Å². The van der Waals surface area contributed by atoms with E-state index < -0.39 is 11.9 Å². The molecule has 6 nitrogen and oxygen atoms in total. The molecule has 0 spiro atoms. The second-order valence-electron chi connectivity index (χ2n) is 30.9. The molecule has 1 N–H and O–H groups in total. The van der Waals surface area contributed by atoms with Gasteiger partial charge >= 0.3 is 17.9 Å². The zero-order valence-corrected chi connectivity index (χ0v) is 57.4. The van der Waals surface area contributed by atoms with Crippen molar-refractivity contribution in [2.45, 2.75) is 239 Å². The van der Waals surface area contributed by atoms with Gasteiger partial charge in [0.1, 0.15) is 0 Å². The Balaban J connectivity index is 0.000000118. The number of benzene rings is 7. The molecule has 6 heteroatoms. The summed E-state index contributed by atoms with van der Waals surface area (Å²) in [5.74, 6) is 2.24. The van der Waals surface area contributed by atoms with Crippen LogP contribution in [0, 0.1) is 35.5 Å². The molecule has 0 saturated heterocycles. The Morgan fingerprint density at radius 1 is 0.358 bits per heavy atom. The summed E-state index contributed by atoms with van der Waals surface area (Å²) in [7, 11) is 2.91. The maximum atomic E-state index is 13.6. The number of methoxy groups -OCH3 is 2. The number of aliphatic carboxylic acids is 1. The lowest BCUT2D eigenvalue weighted by Gasteiger charge is -2.63. The van der Waals surface area contributed by atoms with Crippen molar-refractivity contribution in [3.05, 3.63) is 214 Å². The zero-order chi connectivity index (χ0) is 65.2. The maximum Gasteiger partial charge on any atom is 0.329 e. The molecule has 95 heavy (non-hydrogen) atoms. The van der Waals surface area contributed by atoms with Gasteiger partial charge in [-0.15, -0.1) is 0 Å². The van der Waals surface area contributed by atoms with Gasteiger partial charge in [0, 0.05) is 27.7 Å². The van der Waals surface area contributed by atoms with Gasteiger partial charge in [-0.05, 0) is 203 Å². The first kappa shape index (κ1) is 65.5. The number of carboxylic acids is 1. The Morgan fingerprint density at radius 2 is 0.621 bits per heavy atom. The van der Waals surface area contributed by atoms with E-state index in [-0.39, 0.29) is 39.5 Å². The standard InChI is InChI=1S/C30H36O2.C29H34O2.C26H30.C4H6O2/c1-32-28(31)27-20-29(21-12-4-2-5-13-21)23-16-8-10-18-25(23)30(27,22-14-6-3-7-15-22)26-19-11-9-17-24(26)29;30-27(31)26-19-28(20-11-3-1-4-12-20)22-15-7-9-17-24(22)29(26,21-13-5-2-6-14-21)25-18-10-8-16-23(25)28;1-3-11-19(12-4-1)25-21-15-7-9-17-23(21)26(20-13-5-2-6-14-20)24-18-10-8-16-22(24)25;1-3-4(5)6-2/h8-11,16-19,21-22,27H,2-7,12-15,20H2,1H3;7-10,15-18,20-21,26H,1-6,11-14,19H2,(H,30,31);7-10,15-20H,1-6,11-14H2;3H,1H2,2H3. The lowest BCUT2D eigenvalue weighted by molar-refractivity contribution is -0.151. The number of carbonyl (C=O) groups is 3. The van der Waals surface area contributed by atoms with Crippen molar-refractivity contribution in [1.29, 1.82) is 0 Å². The SMILES string of the molecule is C=CC(=O)OC.COC(=O)C1CC2(C3CCCCC3)c3ccccc3C1(C1CCCCC1)c1ccccc12.O=C(O)C1CC2(C3CCCCC3)c3ccccc3C1(C1CCCCC1)c1ccccc12.c1ccc2c(C3CCCCC3)c3ccccc3c(C3CCCCC3)c2c1. The fourth-order valence-electron chi connectivity index (χ4n) is 23.3. The molecule has 7 aromatic rings. The van der Waals surface area contributed by atoms with Crippen molar-refractivity contribution in [1.82, 2.24) is 0 Å². The quantitative estimate of drug-likeness (QED) is 0.0880. The second kappa shape index (κ2) is 28.3. The molecule has 19 rings (SSSR count). The van der Waals surface area contributed by atoms with Crippen LogP contribution in [-0.4, -0.2) is 37.2 Å². The summed E-state index contributed by atoms with van der Waals surface area (Å²) in [6.07, 6.45) is 42.0. The minimum absolute atomic E-state index is 0.0137. The van der Waals surface area contributed by atoms with Gasteiger partial charge in [-0.25, -0.2) is 4.79 Å². The van der Waals surface area contributed by atoms with Gasteiger partial charge in [0.15, 0.2) is 0 Å². The van der Waals surface area contributed by atoms with Crippen molar-refractivity contribution in [3.63, 3.8) is 0 Å². The third kappa shape index (κ3) is 11.1. The summed E-state index contributed by atoms with van der Waals surface area (Å²) in [5.41, 5.74) is 14.2. The smallest absolute Gasteiger partial charge is 0.329 e. The molecule has 0 aliphatic heterocycles. The Bertz CT molecular complexity index is 3640. The highest BCUT2D eigenvalue weighted by Gasteiger charge is 2.68. The normalized spacial score (nSPS) is 27.5. The molecule has 0 radical (unpaired) electrons. The molecule has 7 aromatic carbocycles. The average Bonchev–Trinajstić information content (AvgIpc) is 0.668. The first-order valence-corrected chi connectivity index (χ1v) is 38.0. The molecule has 2 atom stereocenters. The highest BCUT2D eigenvalue weighted by molar-refractivity contribution is 6.06. The number of carboxylic acid groups (broad SMARTS) is 1. The van der Waals surface area contributed by atoms with E-state index in [9.17, 15) is 19.5 Å². The number of rotatable bonds is 9. The monoisotopic (exact) mass is 1270 g/mol. The van der Waals surface area contributed by atoms with Crippen molar-refractivity contribution >= 4 is 39.5 Å². The summed E-state index contributed by atoms with van der Waals surface area (Å²) >= 11 is 0. The van der Waals surface area contributed by atoms with Crippen molar-refractivity contribution in [2.24, 2.45) is 35.5 Å². The third-order valence-corrected chi connectivity index (χ3v) is 26.9. The molecule has 4 bridgehead atoms. The van der Waals surface area contributed by atoms with Gasteiger partial charge in [-0.2, -0.15) is 0 Å². The minimum atomic E-state index is -0.574. The molecule has 498 valence electrons. The van der Waals surface area contributed by atoms with Gasteiger partial charge in [0.25, 0.3) is 0 Å². The molecular formula is C89H106O6. The van der Waals surface area contributed by atoms with Gasteiger partial charge < -0.3 is 14.6 Å². The van der Waals surface area contributed by atoms with Crippen LogP contribution >= 0.6 is 0 Å². The number of hydrogen-bond acceptors (Lipinski definition) is 5. The first-order valence-electron chi connectivity index (χ1n) is 38.0. The molecule has 2 unspecified atom stereocenters. The van der Waals surface area contributed by atoms with E-state index in [1.807, 2.05) is 0 Å². The van der Waals surface area contributed by atoms with E-state index in [1.165, 1.54) is 231 Å². The van der Waals surface area contributed by atoms with E-state index in [0.29, 0.717) is 23.7 Å². The average molecular weight is 1270 g/mol. The Labute approximate surface area is 567 Å². The molecule has 12 aliphatic rings. The molecule has 12 aliphatic carbocycles.